The molecule has 0 aliphatic carbocycles. The van der Waals surface area contributed by atoms with Gasteiger partial charge in [-0.25, -0.2) is 13.1 Å². The minimum Gasteiger partial charge on any atom is -0.310 e. The first kappa shape index (κ1) is 14.1. The van der Waals surface area contributed by atoms with Crippen molar-refractivity contribution in [2.75, 3.05) is 19.3 Å². The molecule has 0 spiro atoms. The van der Waals surface area contributed by atoms with Gasteiger partial charge < -0.3 is 5.32 Å². The van der Waals surface area contributed by atoms with Crippen LogP contribution in [-0.2, 0) is 10.0 Å². The monoisotopic (exact) mass is 284 g/mol. The van der Waals surface area contributed by atoms with Crippen LogP contribution in [0.5, 0.6) is 0 Å². The summed E-state index contributed by atoms with van der Waals surface area (Å²) >= 11 is 3.21. The van der Waals surface area contributed by atoms with Gasteiger partial charge in [0.15, 0.2) is 0 Å². The molecule has 0 aromatic carbocycles. The van der Waals surface area contributed by atoms with E-state index in [1.807, 2.05) is 13.8 Å². The smallest absolute Gasteiger partial charge is 0.209 e. The lowest BCUT2D eigenvalue weighted by molar-refractivity contribution is 0.430. The lowest BCUT2D eigenvalue weighted by atomic mass is 10.1. The van der Waals surface area contributed by atoms with Crippen molar-refractivity contribution in [2.24, 2.45) is 0 Å². The first-order valence-electron chi connectivity index (χ1n) is 4.15. The van der Waals surface area contributed by atoms with Crippen LogP contribution in [0.25, 0.3) is 0 Å². The van der Waals surface area contributed by atoms with E-state index in [0.717, 1.165) is 10.7 Å². The summed E-state index contributed by atoms with van der Waals surface area (Å²) in [6.45, 7) is 8.47. The van der Waals surface area contributed by atoms with Crippen molar-refractivity contribution in [2.45, 2.75) is 19.4 Å². The molecule has 0 aromatic rings. The zero-order valence-corrected chi connectivity index (χ0v) is 11.1. The first-order valence-corrected chi connectivity index (χ1v) is 6.84. The van der Waals surface area contributed by atoms with Gasteiger partial charge in [0.25, 0.3) is 0 Å². The number of hydrogen-bond donors (Lipinski definition) is 2. The Morgan fingerprint density at radius 3 is 2.36 bits per heavy atom. The standard InChI is InChI=1S/C8H17BrN2O2S/c1-7(9)5-10-6-8(2,3)11-14(4,12)13/h10-11H,1,5-6H2,2-4H3. The average molecular weight is 285 g/mol. The number of hydrogen-bond acceptors (Lipinski definition) is 3. The van der Waals surface area contributed by atoms with E-state index in [0.29, 0.717) is 13.1 Å². The van der Waals surface area contributed by atoms with Crippen molar-refractivity contribution >= 4 is 26.0 Å². The van der Waals surface area contributed by atoms with Gasteiger partial charge in [-0.2, -0.15) is 0 Å². The quantitative estimate of drug-likeness (QED) is 0.759. The molecule has 0 bridgehead atoms. The molecular formula is C8H17BrN2O2S. The Morgan fingerprint density at radius 1 is 1.50 bits per heavy atom. The summed E-state index contributed by atoms with van der Waals surface area (Å²) in [5, 5.41) is 3.07. The third-order valence-electron chi connectivity index (χ3n) is 1.35. The molecule has 2 N–H and O–H groups in total. The molecule has 6 heteroatoms. The Morgan fingerprint density at radius 2 is 2.00 bits per heavy atom. The fourth-order valence-electron chi connectivity index (χ4n) is 1.05. The average Bonchev–Trinajstić information content (AvgIpc) is 1.78. The van der Waals surface area contributed by atoms with Gasteiger partial charge in [-0.1, -0.05) is 22.5 Å². The van der Waals surface area contributed by atoms with E-state index < -0.39 is 15.6 Å². The van der Waals surface area contributed by atoms with Crippen LogP contribution < -0.4 is 10.0 Å². The van der Waals surface area contributed by atoms with Crippen LogP contribution in [-0.4, -0.2) is 33.3 Å². The van der Waals surface area contributed by atoms with Crippen molar-refractivity contribution in [1.82, 2.24) is 10.0 Å². The molecule has 0 aliphatic heterocycles. The van der Waals surface area contributed by atoms with Crippen LogP contribution in [0, 0.1) is 0 Å². The fourth-order valence-corrected chi connectivity index (χ4v) is 2.32. The summed E-state index contributed by atoms with van der Waals surface area (Å²) in [7, 11) is -3.16. The summed E-state index contributed by atoms with van der Waals surface area (Å²) in [4.78, 5) is 0. The number of nitrogens with one attached hydrogen (secondary N) is 2. The highest BCUT2D eigenvalue weighted by atomic mass is 79.9. The zero-order valence-electron chi connectivity index (χ0n) is 8.72. The molecule has 0 radical (unpaired) electrons. The van der Waals surface area contributed by atoms with Gasteiger partial charge in [-0.05, 0) is 13.8 Å². The van der Waals surface area contributed by atoms with Crippen molar-refractivity contribution in [1.29, 1.82) is 0 Å². The Kier molecular flexibility index (Phi) is 5.28. The van der Waals surface area contributed by atoms with Crippen molar-refractivity contribution in [3.63, 3.8) is 0 Å². The molecule has 0 fully saturated rings. The third kappa shape index (κ3) is 8.68. The van der Waals surface area contributed by atoms with Crippen LogP contribution in [0.4, 0.5) is 0 Å². The fraction of sp³-hybridized carbons (Fsp3) is 0.750. The minimum atomic E-state index is -3.16. The summed E-state index contributed by atoms with van der Waals surface area (Å²) in [5.74, 6) is 0. The van der Waals surface area contributed by atoms with E-state index >= 15 is 0 Å². The second-order valence-electron chi connectivity index (χ2n) is 3.88. The van der Waals surface area contributed by atoms with Gasteiger partial charge in [-0.3, -0.25) is 0 Å². The maximum atomic E-state index is 11.0. The van der Waals surface area contributed by atoms with Crippen LogP contribution >= 0.6 is 15.9 Å². The SMILES string of the molecule is C=C(Br)CNCC(C)(C)NS(C)(=O)=O. The topological polar surface area (TPSA) is 58.2 Å². The van der Waals surface area contributed by atoms with Gasteiger partial charge in [0.05, 0.1) is 6.26 Å². The molecular weight excluding hydrogens is 268 g/mol. The number of halogens is 1. The zero-order chi connectivity index (χ0) is 11.4. The van der Waals surface area contributed by atoms with Crippen LogP contribution in [0.15, 0.2) is 11.1 Å². The van der Waals surface area contributed by atoms with Crippen molar-refractivity contribution in [3.8, 4) is 0 Å². The lowest BCUT2D eigenvalue weighted by Crippen LogP contribution is -2.50. The predicted octanol–water partition coefficient (Wildman–Crippen LogP) is 0.812. The molecule has 0 saturated carbocycles. The van der Waals surface area contributed by atoms with Crippen molar-refractivity contribution in [3.05, 3.63) is 11.1 Å². The molecule has 4 nitrogen and oxygen atoms in total. The summed E-state index contributed by atoms with van der Waals surface area (Å²) < 4.78 is 25.3. The van der Waals surface area contributed by atoms with E-state index in [4.69, 9.17) is 0 Å². The van der Waals surface area contributed by atoms with E-state index in [1.165, 1.54) is 0 Å². The van der Waals surface area contributed by atoms with Crippen molar-refractivity contribution < 1.29 is 8.42 Å². The largest absolute Gasteiger partial charge is 0.310 e. The van der Waals surface area contributed by atoms with E-state index in [1.54, 1.807) is 0 Å². The summed E-state index contributed by atoms with van der Waals surface area (Å²) in [6.07, 6.45) is 1.15. The molecule has 0 rings (SSSR count). The molecule has 0 aliphatic rings. The molecule has 14 heavy (non-hydrogen) atoms. The second-order valence-corrected chi connectivity index (χ2v) is 6.75. The van der Waals surface area contributed by atoms with E-state index in [-0.39, 0.29) is 0 Å². The lowest BCUT2D eigenvalue weighted by Gasteiger charge is -2.25. The highest BCUT2D eigenvalue weighted by Crippen LogP contribution is 2.03. The van der Waals surface area contributed by atoms with Crippen LogP contribution in [0.1, 0.15) is 13.8 Å². The van der Waals surface area contributed by atoms with Gasteiger partial charge in [-0.15, -0.1) is 0 Å². The first-order chi connectivity index (χ1) is 6.12. The third-order valence-corrected chi connectivity index (χ3v) is 2.55. The normalized spacial score (nSPS) is 12.9. The summed E-state index contributed by atoms with van der Waals surface area (Å²) in [6, 6.07) is 0. The molecule has 84 valence electrons. The van der Waals surface area contributed by atoms with Gasteiger partial charge in [0, 0.05) is 23.1 Å². The highest BCUT2D eigenvalue weighted by Gasteiger charge is 2.21. The van der Waals surface area contributed by atoms with E-state index in [2.05, 4.69) is 32.5 Å². The molecule has 0 atom stereocenters. The van der Waals surface area contributed by atoms with Gasteiger partial charge in [0.2, 0.25) is 10.0 Å². The van der Waals surface area contributed by atoms with Crippen LogP contribution in [0.2, 0.25) is 0 Å². The Labute approximate surface area is 94.3 Å². The van der Waals surface area contributed by atoms with Gasteiger partial charge in [0.1, 0.15) is 0 Å². The van der Waals surface area contributed by atoms with E-state index in [9.17, 15) is 8.42 Å². The highest BCUT2D eigenvalue weighted by molar-refractivity contribution is 9.11. The maximum absolute atomic E-state index is 11.0. The molecule has 0 saturated heterocycles. The number of sulfonamides is 1. The Bertz CT molecular complexity index is 298. The Hall–Kier alpha value is 0.0900. The summed E-state index contributed by atoms with van der Waals surface area (Å²) in [5.41, 5.74) is -0.490. The molecule has 0 amide bonds. The Balaban J connectivity index is 4.02. The minimum absolute atomic E-state index is 0.490. The maximum Gasteiger partial charge on any atom is 0.209 e. The second kappa shape index (κ2) is 5.25. The predicted molar refractivity (Wildman–Crippen MR) is 63.0 cm³/mol. The molecule has 0 aromatic heterocycles. The molecule has 0 heterocycles. The number of rotatable bonds is 6. The van der Waals surface area contributed by atoms with Crippen LogP contribution in [0.3, 0.4) is 0 Å². The van der Waals surface area contributed by atoms with Gasteiger partial charge >= 0.3 is 0 Å². The molecule has 0 unspecified atom stereocenters.